The first-order chi connectivity index (χ1) is 21.4. The molecule has 2 aliphatic carbocycles. The van der Waals surface area contributed by atoms with Crippen molar-refractivity contribution in [2.75, 3.05) is 11.9 Å². The van der Waals surface area contributed by atoms with Crippen LogP contribution in [0.4, 0.5) is 5.82 Å². The molecule has 3 heterocycles. The van der Waals surface area contributed by atoms with Crippen LogP contribution in [0, 0.1) is 23.2 Å². The third-order valence-electron chi connectivity index (χ3n) is 9.07. The van der Waals surface area contributed by atoms with Crippen LogP contribution in [0.1, 0.15) is 67.1 Å². The number of nitriles is 1. The number of hydrogen-bond acceptors (Lipinski definition) is 8. The lowest BCUT2D eigenvalue weighted by Crippen LogP contribution is -2.35. The number of nitrogens with one attached hydrogen (secondary N) is 2. The Morgan fingerprint density at radius 2 is 1.86 bits per heavy atom. The molecule has 4 aromatic rings. The molecule has 1 unspecified atom stereocenters. The minimum Gasteiger partial charge on any atom is -0.394 e. The van der Waals surface area contributed by atoms with E-state index in [1.165, 1.54) is 0 Å². The number of rotatable bonds is 11. The number of anilines is 1. The molecule has 2 fully saturated rings. The van der Waals surface area contributed by atoms with Crippen LogP contribution >= 0.6 is 0 Å². The number of aryl methyl sites for hydroxylation is 1. The molecule has 44 heavy (non-hydrogen) atoms. The number of carbonyl (C=O) groups excluding carboxylic acids is 1. The van der Waals surface area contributed by atoms with Crippen molar-refractivity contribution < 1.29 is 9.90 Å². The summed E-state index contributed by atoms with van der Waals surface area (Å²) in [5.41, 5.74) is 3.83. The minimum atomic E-state index is -0.365. The van der Waals surface area contributed by atoms with E-state index in [1.54, 1.807) is 10.9 Å². The average Bonchev–Trinajstić information content (AvgIpc) is 3.70. The number of benzene rings is 1. The SMILES string of the molecule is Cn1cc(-c2ccc(C(C(=O)NCc3ccccc3)[C@H]3CC[C@H](Cc4ncc(C#N)c(NC5(CO)CC5)n4)CC3)nc2)cn1. The first kappa shape index (κ1) is 29.5. The van der Waals surface area contributed by atoms with Gasteiger partial charge in [0, 0.05) is 43.5 Å². The van der Waals surface area contributed by atoms with Crippen LogP contribution in [0.2, 0.25) is 0 Å². The summed E-state index contributed by atoms with van der Waals surface area (Å²) in [4.78, 5) is 27.7. The molecular weight excluding hydrogens is 552 g/mol. The van der Waals surface area contributed by atoms with Gasteiger partial charge < -0.3 is 15.7 Å². The summed E-state index contributed by atoms with van der Waals surface area (Å²) in [6, 6.07) is 16.1. The van der Waals surface area contributed by atoms with Gasteiger partial charge in [-0.3, -0.25) is 14.5 Å². The zero-order valence-corrected chi connectivity index (χ0v) is 25.0. The number of pyridine rings is 1. The fourth-order valence-electron chi connectivity index (χ4n) is 6.22. The van der Waals surface area contributed by atoms with Crippen molar-refractivity contribution in [3.05, 3.63) is 89.9 Å². The Bertz CT molecular complexity index is 1620. The third-order valence-corrected chi connectivity index (χ3v) is 9.07. The average molecular weight is 591 g/mol. The fourth-order valence-corrected chi connectivity index (χ4v) is 6.22. The number of aliphatic hydroxyl groups excluding tert-OH is 1. The first-order valence-electron chi connectivity index (χ1n) is 15.4. The second-order valence-electron chi connectivity index (χ2n) is 12.3. The Hall–Kier alpha value is -4.62. The first-order valence-corrected chi connectivity index (χ1v) is 15.4. The zero-order valence-electron chi connectivity index (χ0n) is 25.0. The van der Waals surface area contributed by atoms with Crippen molar-refractivity contribution >= 4 is 11.7 Å². The van der Waals surface area contributed by atoms with Gasteiger partial charge in [-0.15, -0.1) is 0 Å². The summed E-state index contributed by atoms with van der Waals surface area (Å²) in [5, 5.41) is 30.0. The van der Waals surface area contributed by atoms with Crippen molar-refractivity contribution in [3.63, 3.8) is 0 Å². The van der Waals surface area contributed by atoms with E-state index in [2.05, 4.69) is 26.8 Å². The summed E-state index contributed by atoms with van der Waals surface area (Å²) < 4.78 is 1.76. The smallest absolute Gasteiger partial charge is 0.229 e. The van der Waals surface area contributed by atoms with Gasteiger partial charge in [0.25, 0.3) is 0 Å². The van der Waals surface area contributed by atoms with E-state index in [9.17, 15) is 15.2 Å². The Morgan fingerprint density at radius 1 is 1.07 bits per heavy atom. The van der Waals surface area contributed by atoms with Gasteiger partial charge in [0.2, 0.25) is 5.91 Å². The van der Waals surface area contributed by atoms with Crippen molar-refractivity contribution in [1.82, 2.24) is 30.0 Å². The highest BCUT2D eigenvalue weighted by Crippen LogP contribution is 2.40. The number of aliphatic hydroxyl groups is 1. The fraction of sp³-hybridized carbons (Fsp3) is 0.412. The molecule has 3 N–H and O–H groups in total. The van der Waals surface area contributed by atoms with E-state index in [0.29, 0.717) is 36.1 Å². The molecule has 1 atom stereocenters. The largest absolute Gasteiger partial charge is 0.394 e. The normalized spacial score (nSPS) is 19.5. The van der Waals surface area contributed by atoms with Crippen LogP contribution in [-0.4, -0.2) is 47.9 Å². The molecule has 0 spiro atoms. The maximum atomic E-state index is 13.8. The van der Waals surface area contributed by atoms with Crippen molar-refractivity contribution in [3.8, 4) is 17.2 Å². The van der Waals surface area contributed by atoms with E-state index in [0.717, 1.165) is 60.9 Å². The quantitative estimate of drug-likeness (QED) is 0.231. The zero-order chi connectivity index (χ0) is 30.5. The molecule has 226 valence electrons. The molecule has 0 radical (unpaired) electrons. The molecule has 10 heteroatoms. The maximum absolute atomic E-state index is 13.8. The predicted molar refractivity (Wildman–Crippen MR) is 166 cm³/mol. The molecule has 0 saturated heterocycles. The summed E-state index contributed by atoms with van der Waals surface area (Å²) in [6.45, 7) is 0.492. The van der Waals surface area contributed by atoms with Crippen LogP contribution in [0.5, 0.6) is 0 Å². The van der Waals surface area contributed by atoms with Gasteiger partial charge in [0.05, 0.1) is 36.2 Å². The summed E-state index contributed by atoms with van der Waals surface area (Å²) >= 11 is 0. The van der Waals surface area contributed by atoms with Gasteiger partial charge in [-0.05, 0) is 62.0 Å². The highest BCUT2D eigenvalue weighted by molar-refractivity contribution is 5.83. The van der Waals surface area contributed by atoms with Crippen LogP contribution in [-0.2, 0) is 24.8 Å². The molecule has 10 nitrogen and oxygen atoms in total. The van der Waals surface area contributed by atoms with Gasteiger partial charge in [0.1, 0.15) is 23.3 Å². The molecule has 0 bridgehead atoms. The van der Waals surface area contributed by atoms with Crippen LogP contribution < -0.4 is 10.6 Å². The molecule has 3 aromatic heterocycles. The minimum absolute atomic E-state index is 0.00274. The molecular formula is C34H38N8O2. The topological polar surface area (TPSA) is 142 Å². The van der Waals surface area contributed by atoms with Crippen LogP contribution in [0.3, 0.4) is 0 Å². The lowest BCUT2D eigenvalue weighted by Gasteiger charge is -2.33. The van der Waals surface area contributed by atoms with Crippen molar-refractivity contribution in [1.29, 1.82) is 5.26 Å². The third kappa shape index (κ3) is 6.79. The Kier molecular flexibility index (Phi) is 8.66. The van der Waals surface area contributed by atoms with Crippen LogP contribution in [0.15, 0.2) is 67.3 Å². The number of aromatic nitrogens is 5. The second-order valence-corrected chi connectivity index (χ2v) is 12.3. The van der Waals surface area contributed by atoms with E-state index in [1.807, 2.05) is 68.1 Å². The number of carbonyl (C=O) groups is 1. The van der Waals surface area contributed by atoms with Crippen LogP contribution in [0.25, 0.3) is 11.1 Å². The van der Waals surface area contributed by atoms with E-state index in [4.69, 9.17) is 9.97 Å². The highest BCUT2D eigenvalue weighted by Gasteiger charge is 2.43. The van der Waals surface area contributed by atoms with E-state index in [-0.39, 0.29) is 29.9 Å². The van der Waals surface area contributed by atoms with Gasteiger partial charge >= 0.3 is 0 Å². The molecule has 2 saturated carbocycles. The standard InChI is InChI=1S/C34H38N8O2/c1-42-21-28(20-39-42)26-11-12-29(36-18-26)31(33(44)38-17-24-5-3-2-4-6-24)25-9-7-23(8-10-25)15-30-37-19-27(16-35)32(40-30)41-34(22-43)13-14-34/h2-6,11-12,18-21,23,25,31,43H,7-10,13-15,17,22H2,1H3,(H,38,44)(H,37,40,41)/t23-,25-,31?. The van der Waals surface area contributed by atoms with E-state index >= 15 is 0 Å². The van der Waals surface area contributed by atoms with Gasteiger partial charge in [0.15, 0.2) is 0 Å². The molecule has 1 aromatic carbocycles. The van der Waals surface area contributed by atoms with Gasteiger partial charge in [-0.1, -0.05) is 36.4 Å². The molecule has 0 aliphatic heterocycles. The monoisotopic (exact) mass is 590 g/mol. The lowest BCUT2D eigenvalue weighted by molar-refractivity contribution is -0.124. The Labute approximate surface area is 257 Å². The molecule has 1 amide bonds. The molecule has 6 rings (SSSR count). The lowest BCUT2D eigenvalue weighted by atomic mass is 9.73. The summed E-state index contributed by atoms with van der Waals surface area (Å²) in [5.74, 6) is 1.41. The highest BCUT2D eigenvalue weighted by atomic mass is 16.3. The number of hydrogen-bond donors (Lipinski definition) is 3. The van der Waals surface area contributed by atoms with Crippen molar-refractivity contribution in [2.24, 2.45) is 18.9 Å². The van der Waals surface area contributed by atoms with Crippen molar-refractivity contribution in [2.45, 2.75) is 62.9 Å². The predicted octanol–water partition coefficient (Wildman–Crippen LogP) is 4.53. The van der Waals surface area contributed by atoms with E-state index < -0.39 is 0 Å². The summed E-state index contributed by atoms with van der Waals surface area (Å²) in [6.07, 6.45) is 13.3. The van der Waals surface area contributed by atoms with Gasteiger partial charge in [-0.25, -0.2) is 9.97 Å². The second kappa shape index (κ2) is 12.9. The Balaban J connectivity index is 1.14. The Morgan fingerprint density at radius 3 is 2.50 bits per heavy atom. The summed E-state index contributed by atoms with van der Waals surface area (Å²) in [7, 11) is 1.89. The van der Waals surface area contributed by atoms with Gasteiger partial charge in [-0.2, -0.15) is 10.4 Å². The number of nitrogens with zero attached hydrogens (tertiary/aromatic N) is 6. The number of amides is 1. The molecule has 2 aliphatic rings. The maximum Gasteiger partial charge on any atom is 0.229 e.